The Labute approximate surface area is 120 Å². The van der Waals surface area contributed by atoms with Gasteiger partial charge in [-0.15, -0.1) is 0 Å². The van der Waals surface area contributed by atoms with E-state index < -0.39 is 0 Å². The van der Waals surface area contributed by atoms with Crippen molar-refractivity contribution < 1.29 is 9.52 Å². The predicted octanol–water partition coefficient (Wildman–Crippen LogP) is 5.30. The normalized spacial score (nSPS) is 11.2. The van der Waals surface area contributed by atoms with Crippen molar-refractivity contribution in [2.24, 2.45) is 0 Å². The van der Waals surface area contributed by atoms with Gasteiger partial charge in [-0.2, -0.15) is 0 Å². The van der Waals surface area contributed by atoms with Crippen molar-refractivity contribution in [1.82, 2.24) is 0 Å². The van der Waals surface area contributed by atoms with E-state index in [0.717, 1.165) is 32.7 Å². The predicted molar refractivity (Wildman–Crippen MR) is 83.9 cm³/mol. The summed E-state index contributed by atoms with van der Waals surface area (Å²) in [5.41, 5.74) is 2.88. The fourth-order valence-electron chi connectivity index (χ4n) is 2.84. The third-order valence-electron chi connectivity index (χ3n) is 3.89. The Morgan fingerprint density at radius 3 is 2.48 bits per heavy atom. The van der Waals surface area contributed by atoms with E-state index in [9.17, 15) is 5.11 Å². The highest BCUT2D eigenvalue weighted by Crippen LogP contribution is 2.40. The summed E-state index contributed by atoms with van der Waals surface area (Å²) in [5.74, 6) is 0.232. The maximum Gasteiger partial charge on any atom is 0.232 e. The molecule has 4 rings (SSSR count). The number of phenolic OH excluding ortho intramolecular Hbond substituents is 1. The van der Waals surface area contributed by atoms with E-state index in [0.29, 0.717) is 11.3 Å². The molecule has 100 valence electrons. The second kappa shape index (κ2) is 4.00. The van der Waals surface area contributed by atoms with Crippen molar-refractivity contribution in [2.75, 3.05) is 0 Å². The van der Waals surface area contributed by atoms with Crippen molar-refractivity contribution in [3.63, 3.8) is 0 Å². The third kappa shape index (κ3) is 1.53. The number of hydrogen-bond acceptors (Lipinski definition) is 2. The molecule has 0 radical (unpaired) electrons. The molecule has 3 heteroatoms. The van der Waals surface area contributed by atoms with E-state index in [1.807, 2.05) is 37.3 Å². The first-order chi connectivity index (χ1) is 10.2. The van der Waals surface area contributed by atoms with Crippen LogP contribution in [0, 0.1) is 13.5 Å². The Hall–Kier alpha value is -2.99. The van der Waals surface area contributed by atoms with Crippen LogP contribution in [0.5, 0.6) is 5.75 Å². The number of rotatable bonds is 0. The van der Waals surface area contributed by atoms with Crippen molar-refractivity contribution in [3.8, 4) is 5.75 Å². The summed E-state index contributed by atoms with van der Waals surface area (Å²) in [6.45, 7) is 9.28. The van der Waals surface area contributed by atoms with Crippen LogP contribution in [-0.2, 0) is 0 Å². The lowest BCUT2D eigenvalue weighted by molar-refractivity contribution is 0.476. The summed E-state index contributed by atoms with van der Waals surface area (Å²) in [6.07, 6.45) is 0. The maximum atomic E-state index is 9.59. The highest BCUT2D eigenvalue weighted by atomic mass is 16.3. The largest absolute Gasteiger partial charge is 0.508 e. The number of benzene rings is 3. The van der Waals surface area contributed by atoms with E-state index in [-0.39, 0.29) is 5.75 Å². The molecule has 0 aliphatic rings. The SMILES string of the molecule is [C-]#[N+]c1c(C)ccc2c1oc1c3ccc(O)cc3ccc21. The van der Waals surface area contributed by atoms with Gasteiger partial charge < -0.3 is 9.52 Å². The van der Waals surface area contributed by atoms with Gasteiger partial charge in [0.05, 0.1) is 6.57 Å². The molecule has 1 heterocycles. The van der Waals surface area contributed by atoms with Crippen molar-refractivity contribution in [1.29, 1.82) is 0 Å². The zero-order chi connectivity index (χ0) is 14.6. The zero-order valence-corrected chi connectivity index (χ0v) is 11.3. The van der Waals surface area contributed by atoms with E-state index in [1.165, 1.54) is 0 Å². The fraction of sp³-hybridized carbons (Fsp3) is 0.0556. The van der Waals surface area contributed by atoms with Crippen LogP contribution in [0.3, 0.4) is 0 Å². The monoisotopic (exact) mass is 273 g/mol. The molecular formula is C18H11NO2. The van der Waals surface area contributed by atoms with Gasteiger partial charge in [0.1, 0.15) is 16.9 Å². The van der Waals surface area contributed by atoms with Crippen molar-refractivity contribution in [2.45, 2.75) is 6.92 Å². The molecule has 0 atom stereocenters. The highest BCUT2D eigenvalue weighted by molar-refractivity contribution is 6.17. The molecule has 0 amide bonds. The van der Waals surface area contributed by atoms with E-state index >= 15 is 0 Å². The lowest BCUT2D eigenvalue weighted by Crippen LogP contribution is -1.74. The van der Waals surface area contributed by atoms with Gasteiger partial charge in [0.2, 0.25) is 5.69 Å². The summed E-state index contributed by atoms with van der Waals surface area (Å²) in [5, 5.41) is 13.4. The molecule has 0 bridgehead atoms. The Morgan fingerprint density at radius 1 is 0.952 bits per heavy atom. The minimum absolute atomic E-state index is 0.232. The van der Waals surface area contributed by atoms with Crippen LogP contribution in [0.4, 0.5) is 5.69 Å². The molecular weight excluding hydrogens is 262 g/mol. The summed E-state index contributed by atoms with van der Waals surface area (Å²) >= 11 is 0. The summed E-state index contributed by atoms with van der Waals surface area (Å²) < 4.78 is 6.01. The van der Waals surface area contributed by atoms with Crippen LogP contribution < -0.4 is 0 Å². The lowest BCUT2D eigenvalue weighted by atomic mass is 10.0. The highest BCUT2D eigenvalue weighted by Gasteiger charge is 2.14. The van der Waals surface area contributed by atoms with E-state index in [2.05, 4.69) is 4.85 Å². The van der Waals surface area contributed by atoms with Gasteiger partial charge in [0.25, 0.3) is 0 Å². The average Bonchev–Trinajstić information content (AvgIpc) is 2.85. The topological polar surface area (TPSA) is 37.7 Å². The molecule has 0 unspecified atom stereocenters. The molecule has 0 spiro atoms. The molecule has 0 fully saturated rings. The molecule has 3 nitrogen and oxygen atoms in total. The first-order valence-corrected chi connectivity index (χ1v) is 6.64. The number of furan rings is 1. The van der Waals surface area contributed by atoms with Gasteiger partial charge in [-0.05, 0) is 42.1 Å². The molecule has 0 saturated heterocycles. The lowest BCUT2D eigenvalue weighted by Gasteiger charge is -1.99. The Bertz CT molecular complexity index is 1070. The fourth-order valence-corrected chi connectivity index (χ4v) is 2.84. The molecule has 0 aliphatic carbocycles. The Kier molecular flexibility index (Phi) is 2.25. The van der Waals surface area contributed by atoms with Gasteiger partial charge >= 0.3 is 0 Å². The average molecular weight is 273 g/mol. The summed E-state index contributed by atoms with van der Waals surface area (Å²) in [7, 11) is 0. The van der Waals surface area contributed by atoms with Crippen LogP contribution in [0.15, 0.2) is 46.9 Å². The maximum absolute atomic E-state index is 9.59. The molecule has 1 aromatic heterocycles. The minimum Gasteiger partial charge on any atom is -0.508 e. The number of aryl methyl sites for hydroxylation is 1. The molecule has 21 heavy (non-hydrogen) atoms. The van der Waals surface area contributed by atoms with Crippen molar-refractivity contribution >= 4 is 38.4 Å². The van der Waals surface area contributed by atoms with Gasteiger partial charge in [-0.1, -0.05) is 18.2 Å². The number of hydrogen-bond donors (Lipinski definition) is 1. The van der Waals surface area contributed by atoms with Gasteiger partial charge in [0.15, 0.2) is 0 Å². The van der Waals surface area contributed by atoms with Crippen LogP contribution in [0.1, 0.15) is 5.56 Å². The smallest absolute Gasteiger partial charge is 0.232 e. The second-order valence-electron chi connectivity index (χ2n) is 5.17. The zero-order valence-electron chi connectivity index (χ0n) is 11.3. The number of phenols is 1. The second-order valence-corrected chi connectivity index (χ2v) is 5.17. The third-order valence-corrected chi connectivity index (χ3v) is 3.89. The molecule has 0 aliphatic heterocycles. The van der Waals surface area contributed by atoms with Crippen LogP contribution in [0.25, 0.3) is 37.6 Å². The van der Waals surface area contributed by atoms with Gasteiger partial charge in [-0.25, -0.2) is 4.85 Å². The quantitative estimate of drug-likeness (QED) is 0.441. The Morgan fingerprint density at radius 2 is 1.67 bits per heavy atom. The minimum atomic E-state index is 0.232. The van der Waals surface area contributed by atoms with Crippen LogP contribution in [-0.4, -0.2) is 5.11 Å². The number of aromatic hydroxyl groups is 1. The first kappa shape index (κ1) is 11.8. The van der Waals surface area contributed by atoms with E-state index in [1.54, 1.807) is 12.1 Å². The van der Waals surface area contributed by atoms with Gasteiger partial charge in [-0.3, -0.25) is 0 Å². The number of fused-ring (bicyclic) bond motifs is 5. The first-order valence-electron chi connectivity index (χ1n) is 6.64. The standard InChI is InChI=1S/C18H11NO2/c1-10-3-6-15-14-7-4-11-9-12(20)5-8-13(11)17(14)21-18(15)16(10)19-2/h3-9,20H,1H3. The summed E-state index contributed by atoms with van der Waals surface area (Å²) in [4.78, 5) is 3.60. The van der Waals surface area contributed by atoms with Crippen molar-refractivity contribution in [3.05, 3.63) is 59.4 Å². The molecule has 1 N–H and O–H groups in total. The molecule has 3 aromatic carbocycles. The Balaban J connectivity index is 2.26. The van der Waals surface area contributed by atoms with Crippen LogP contribution in [0.2, 0.25) is 0 Å². The van der Waals surface area contributed by atoms with E-state index in [4.69, 9.17) is 11.0 Å². The summed E-state index contributed by atoms with van der Waals surface area (Å²) in [6, 6.07) is 13.1. The number of nitrogens with zero attached hydrogens (tertiary/aromatic N) is 1. The molecule has 4 aromatic rings. The molecule has 0 saturated carbocycles. The van der Waals surface area contributed by atoms with Gasteiger partial charge in [0, 0.05) is 16.2 Å². The van der Waals surface area contributed by atoms with Crippen LogP contribution >= 0.6 is 0 Å².